The number of rotatable bonds is 5. The third-order valence-corrected chi connectivity index (χ3v) is 6.13. The highest BCUT2D eigenvalue weighted by atomic mass is 16.6. The predicted octanol–water partition coefficient (Wildman–Crippen LogP) is 5.26. The lowest BCUT2D eigenvalue weighted by molar-refractivity contribution is -0.139. The van der Waals surface area contributed by atoms with Crippen LogP contribution in [-0.2, 0) is 28.5 Å². The smallest absolute Gasteiger partial charge is 0.424 e. The molecule has 3 rings (SSSR count). The maximum absolute atomic E-state index is 13.6. The number of carbonyl (C=O) groups excluding carboxylic acids is 4. The number of anilines is 2. The Bertz CT molecular complexity index is 1530. The summed E-state index contributed by atoms with van der Waals surface area (Å²) < 4.78 is 21.3. The fourth-order valence-electron chi connectivity index (χ4n) is 4.49. The number of ether oxygens (including phenoxy) is 4. The largest absolute Gasteiger partial charge is 0.466 e. The highest BCUT2D eigenvalue weighted by Crippen LogP contribution is 2.45. The summed E-state index contributed by atoms with van der Waals surface area (Å²) in [7, 11) is 2.24. The average molecular weight is 605 g/mol. The molecule has 1 unspecified atom stereocenters. The van der Waals surface area contributed by atoms with E-state index in [1.807, 2.05) is 0 Å². The number of benzene rings is 2. The number of hydrogen-bond donors (Lipinski definition) is 1. The Hall–Kier alpha value is -5.31. The number of methoxy groups -OCH3 is 2. The molecular weight excluding hydrogens is 568 g/mol. The van der Waals surface area contributed by atoms with Gasteiger partial charge in [-0.1, -0.05) is 42.5 Å². The topological polar surface area (TPSA) is 161 Å². The molecule has 0 radical (unpaired) electrons. The molecule has 2 amide bonds. The van der Waals surface area contributed by atoms with E-state index >= 15 is 0 Å². The van der Waals surface area contributed by atoms with Gasteiger partial charge in [0.2, 0.25) is 0 Å². The van der Waals surface area contributed by atoms with Crippen molar-refractivity contribution in [2.75, 3.05) is 24.0 Å². The zero-order valence-electron chi connectivity index (χ0n) is 26.0. The van der Waals surface area contributed by atoms with E-state index < -0.39 is 41.2 Å². The Kier molecular flexibility index (Phi) is 9.74. The highest BCUT2D eigenvalue weighted by Gasteiger charge is 2.45. The normalized spacial score (nSPS) is 15.2. The minimum atomic E-state index is -1.11. The summed E-state index contributed by atoms with van der Waals surface area (Å²) in [6.45, 7) is 9.74. The number of esters is 2. The Morgan fingerprint density at radius 2 is 1.32 bits per heavy atom. The number of carbonyl (C=O) groups is 4. The molecule has 1 aliphatic rings. The van der Waals surface area contributed by atoms with Gasteiger partial charge in [0.05, 0.1) is 48.7 Å². The quantitative estimate of drug-likeness (QED) is 0.350. The number of imide groups is 1. The summed E-state index contributed by atoms with van der Waals surface area (Å²) in [5.41, 5.74) is 4.21. The van der Waals surface area contributed by atoms with Crippen molar-refractivity contribution in [3.05, 3.63) is 82.8 Å². The first-order valence-corrected chi connectivity index (χ1v) is 13.6. The summed E-state index contributed by atoms with van der Waals surface area (Å²) in [6, 6.07) is 16.5. The molecule has 0 saturated heterocycles. The van der Waals surface area contributed by atoms with Crippen molar-refractivity contribution < 1.29 is 38.1 Å². The van der Waals surface area contributed by atoms with E-state index in [-0.39, 0.29) is 34.0 Å². The van der Waals surface area contributed by atoms with Crippen LogP contribution in [0, 0.1) is 11.3 Å². The van der Waals surface area contributed by atoms with Crippen molar-refractivity contribution in [2.24, 2.45) is 5.73 Å². The van der Waals surface area contributed by atoms with Gasteiger partial charge >= 0.3 is 24.1 Å². The summed E-state index contributed by atoms with van der Waals surface area (Å²) in [5, 5.41) is 10.4. The first-order chi connectivity index (χ1) is 20.6. The molecule has 2 aromatic carbocycles. The molecular formula is C32H36N4O8. The average Bonchev–Trinajstić information content (AvgIpc) is 2.94. The van der Waals surface area contributed by atoms with Crippen molar-refractivity contribution in [3.63, 3.8) is 0 Å². The molecule has 0 bridgehead atoms. The summed E-state index contributed by atoms with van der Waals surface area (Å²) in [4.78, 5) is 55.8. The van der Waals surface area contributed by atoms with Gasteiger partial charge in [0.25, 0.3) is 0 Å². The van der Waals surface area contributed by atoms with Crippen molar-refractivity contribution in [2.45, 2.75) is 58.7 Å². The van der Waals surface area contributed by atoms with Crippen molar-refractivity contribution in [1.29, 1.82) is 5.26 Å². The molecule has 1 atom stereocenters. The fourth-order valence-corrected chi connectivity index (χ4v) is 4.49. The Labute approximate surface area is 256 Å². The number of hydrogen-bond acceptors (Lipinski definition) is 11. The van der Waals surface area contributed by atoms with Gasteiger partial charge in [-0.3, -0.25) is 4.90 Å². The number of nitrogens with zero attached hydrogens (tertiary/aromatic N) is 3. The van der Waals surface area contributed by atoms with Gasteiger partial charge in [-0.05, 0) is 59.2 Å². The van der Waals surface area contributed by atoms with Crippen molar-refractivity contribution in [1.82, 2.24) is 0 Å². The maximum atomic E-state index is 13.6. The number of amides is 2. The zero-order chi connectivity index (χ0) is 33.0. The van der Waals surface area contributed by atoms with Crippen LogP contribution in [0.15, 0.2) is 77.3 Å². The first kappa shape index (κ1) is 33.2. The monoisotopic (exact) mass is 604 g/mol. The van der Waals surface area contributed by atoms with Crippen LogP contribution in [-0.4, -0.2) is 49.5 Å². The molecule has 2 aromatic rings. The van der Waals surface area contributed by atoms with E-state index in [0.29, 0.717) is 10.5 Å². The zero-order valence-corrected chi connectivity index (χ0v) is 26.0. The third kappa shape index (κ3) is 7.00. The SMILES string of the molecule is COC(=O)C1=C(C(=O)OC)N(c2ccccc2N(C(=O)OC(C)(C)C)C(=O)OC(C)(C)C)C(N)=C(C#N)C1c1ccccc1. The minimum absolute atomic E-state index is 0.0391. The number of para-hydroxylation sites is 2. The van der Waals surface area contributed by atoms with E-state index in [1.165, 1.54) is 18.2 Å². The first-order valence-electron chi connectivity index (χ1n) is 13.6. The van der Waals surface area contributed by atoms with Crippen LogP contribution in [0.25, 0.3) is 0 Å². The van der Waals surface area contributed by atoms with Gasteiger partial charge in [0, 0.05) is 0 Å². The van der Waals surface area contributed by atoms with Crippen molar-refractivity contribution >= 4 is 35.5 Å². The molecule has 0 saturated carbocycles. The molecule has 44 heavy (non-hydrogen) atoms. The lowest BCUT2D eigenvalue weighted by Gasteiger charge is -2.37. The highest BCUT2D eigenvalue weighted by molar-refractivity contribution is 6.13. The van der Waals surface area contributed by atoms with Gasteiger partial charge in [0.15, 0.2) is 0 Å². The van der Waals surface area contributed by atoms with Crippen molar-refractivity contribution in [3.8, 4) is 6.07 Å². The second kappa shape index (κ2) is 12.9. The van der Waals surface area contributed by atoms with Gasteiger partial charge in [0.1, 0.15) is 22.7 Å². The molecule has 0 aromatic heterocycles. The minimum Gasteiger partial charge on any atom is -0.466 e. The molecule has 232 valence electrons. The molecule has 0 aliphatic carbocycles. The third-order valence-electron chi connectivity index (χ3n) is 6.13. The lowest BCUT2D eigenvalue weighted by atomic mass is 9.81. The molecule has 2 N–H and O–H groups in total. The molecule has 1 aliphatic heterocycles. The van der Waals surface area contributed by atoms with Crippen LogP contribution >= 0.6 is 0 Å². The lowest BCUT2D eigenvalue weighted by Crippen LogP contribution is -2.45. The van der Waals surface area contributed by atoms with Crippen LogP contribution in [0.4, 0.5) is 21.0 Å². The molecule has 0 fully saturated rings. The Morgan fingerprint density at radius 1 is 0.818 bits per heavy atom. The molecule has 12 heteroatoms. The van der Waals surface area contributed by atoms with E-state index in [0.717, 1.165) is 19.1 Å². The van der Waals surface area contributed by atoms with Crippen LogP contribution in [0.1, 0.15) is 53.0 Å². The second-order valence-electron chi connectivity index (χ2n) is 11.6. The Morgan fingerprint density at radius 3 is 1.80 bits per heavy atom. The maximum Gasteiger partial charge on any atom is 0.424 e. The summed E-state index contributed by atoms with van der Waals surface area (Å²) >= 11 is 0. The second-order valence-corrected chi connectivity index (χ2v) is 11.6. The van der Waals surface area contributed by atoms with Gasteiger partial charge in [-0.2, -0.15) is 10.2 Å². The van der Waals surface area contributed by atoms with Gasteiger partial charge in [-0.15, -0.1) is 0 Å². The summed E-state index contributed by atoms with van der Waals surface area (Å²) in [6.07, 6.45) is -2.17. The number of nitrogens with two attached hydrogens (primary N) is 1. The van der Waals surface area contributed by atoms with E-state index in [4.69, 9.17) is 24.7 Å². The molecule has 1 heterocycles. The number of nitriles is 1. The fraction of sp³-hybridized carbons (Fsp3) is 0.344. The molecule has 12 nitrogen and oxygen atoms in total. The van der Waals surface area contributed by atoms with Crippen LogP contribution in [0.2, 0.25) is 0 Å². The van der Waals surface area contributed by atoms with Gasteiger partial charge in [-0.25, -0.2) is 19.2 Å². The summed E-state index contributed by atoms with van der Waals surface area (Å²) in [5.74, 6) is -3.30. The van der Waals surface area contributed by atoms with Crippen LogP contribution in [0.5, 0.6) is 0 Å². The van der Waals surface area contributed by atoms with Gasteiger partial charge < -0.3 is 24.7 Å². The van der Waals surface area contributed by atoms with E-state index in [9.17, 15) is 24.4 Å². The predicted molar refractivity (Wildman–Crippen MR) is 161 cm³/mol. The van der Waals surface area contributed by atoms with E-state index in [2.05, 4.69) is 6.07 Å². The van der Waals surface area contributed by atoms with Crippen LogP contribution < -0.4 is 15.5 Å². The molecule has 0 spiro atoms. The Balaban J connectivity index is 2.44. The van der Waals surface area contributed by atoms with Crippen LogP contribution in [0.3, 0.4) is 0 Å². The standard InChI is InChI=1S/C32H36N4O8/c1-31(2,3)43-29(39)36(30(40)44-32(4,5)6)22-17-13-12-16-21(22)35-25(28(38)42-8)24(27(37)41-7)23(20(18-33)26(35)34)19-14-10-9-11-15-19/h9-17,23H,34H2,1-8H3. The number of allylic oxidation sites excluding steroid dienone is 1. The van der Waals surface area contributed by atoms with E-state index in [1.54, 1.807) is 77.9 Å².